The van der Waals surface area contributed by atoms with Gasteiger partial charge in [0, 0.05) is 22.2 Å². The maximum absolute atomic E-state index is 13.0. The van der Waals surface area contributed by atoms with E-state index in [1.165, 1.54) is 16.5 Å². The number of amides is 1. The van der Waals surface area contributed by atoms with Crippen LogP contribution >= 0.6 is 15.9 Å². The summed E-state index contributed by atoms with van der Waals surface area (Å²) < 4.78 is 12.0. The third-order valence-corrected chi connectivity index (χ3v) is 5.66. The second kappa shape index (κ2) is 6.02. The van der Waals surface area contributed by atoms with Crippen LogP contribution in [0.5, 0.6) is 11.5 Å². The Bertz CT molecular complexity index is 1050. The zero-order valence-corrected chi connectivity index (χ0v) is 15.6. The number of hydrogen-bond acceptors (Lipinski definition) is 3. The molecule has 2 aliphatic rings. The molecule has 0 radical (unpaired) electrons. The highest BCUT2D eigenvalue weighted by Crippen LogP contribution is 2.39. The fourth-order valence-corrected chi connectivity index (χ4v) is 4.22. The topological polar surface area (TPSA) is 47.6 Å². The van der Waals surface area contributed by atoms with Gasteiger partial charge in [-0.15, -0.1) is 0 Å². The Labute approximate surface area is 159 Å². The average Bonchev–Trinajstić information content (AvgIpc) is 3.08. The van der Waals surface area contributed by atoms with Crippen molar-refractivity contribution in [2.24, 2.45) is 0 Å². The number of carbonyl (C=O) groups excluding carboxylic acids is 1. The van der Waals surface area contributed by atoms with E-state index in [-0.39, 0.29) is 5.91 Å². The van der Waals surface area contributed by atoms with E-state index in [1.807, 2.05) is 24.3 Å². The minimum Gasteiger partial charge on any atom is -0.486 e. The second-order valence-electron chi connectivity index (χ2n) is 6.54. The summed E-state index contributed by atoms with van der Waals surface area (Å²) in [5, 5.41) is 5.26. The molecule has 3 aromatic rings. The smallest absolute Gasteiger partial charge is 0.256 e. The van der Waals surface area contributed by atoms with E-state index < -0.39 is 0 Å². The molecule has 130 valence electrons. The summed E-state index contributed by atoms with van der Waals surface area (Å²) in [5.74, 6) is 1.21. The summed E-state index contributed by atoms with van der Waals surface area (Å²) in [6, 6.07) is 13.8. The monoisotopic (exact) mass is 409 g/mol. The number of halogens is 1. The summed E-state index contributed by atoms with van der Waals surface area (Å²) in [4.78, 5) is 13.0. The highest BCUT2D eigenvalue weighted by Gasteiger charge is 2.20. The predicted octanol–water partition coefficient (Wildman–Crippen LogP) is 4.72. The first kappa shape index (κ1) is 15.7. The zero-order valence-electron chi connectivity index (χ0n) is 14.0. The summed E-state index contributed by atoms with van der Waals surface area (Å²) >= 11 is 3.51. The minimum absolute atomic E-state index is 0.127. The quantitative estimate of drug-likeness (QED) is 0.665. The minimum atomic E-state index is -0.127. The van der Waals surface area contributed by atoms with Crippen molar-refractivity contribution in [1.82, 2.24) is 0 Å². The lowest BCUT2D eigenvalue weighted by Gasteiger charge is -2.20. The third kappa shape index (κ3) is 2.46. The summed E-state index contributed by atoms with van der Waals surface area (Å²) in [7, 11) is 0. The normalized spacial score (nSPS) is 14.5. The molecule has 26 heavy (non-hydrogen) atoms. The van der Waals surface area contributed by atoms with Gasteiger partial charge in [0.2, 0.25) is 0 Å². The van der Waals surface area contributed by atoms with Gasteiger partial charge < -0.3 is 14.8 Å². The number of aryl methyl sites for hydroxylation is 2. The van der Waals surface area contributed by atoms with Crippen molar-refractivity contribution in [3.8, 4) is 11.5 Å². The largest absolute Gasteiger partial charge is 0.486 e. The van der Waals surface area contributed by atoms with Crippen LogP contribution in [-0.4, -0.2) is 19.1 Å². The van der Waals surface area contributed by atoms with Crippen molar-refractivity contribution in [3.63, 3.8) is 0 Å². The third-order valence-electron chi connectivity index (χ3n) is 5.00. The molecule has 0 aromatic heterocycles. The van der Waals surface area contributed by atoms with Crippen molar-refractivity contribution >= 4 is 38.3 Å². The standard InChI is InChI=1S/C21H16BrNO3/c22-16-10-18-19(26-9-8-25-18)11-17(16)23-21(24)15-7-6-13-5-4-12-2-1-3-14(15)20(12)13/h1-3,6-7,10-11H,4-5,8-9H2,(H,23,24). The zero-order chi connectivity index (χ0) is 17.7. The molecule has 0 saturated heterocycles. The lowest BCUT2D eigenvalue weighted by molar-refractivity contribution is 0.102. The number of ether oxygens (including phenoxy) is 2. The van der Waals surface area contributed by atoms with Crippen molar-refractivity contribution in [2.45, 2.75) is 12.8 Å². The van der Waals surface area contributed by atoms with Crippen LogP contribution < -0.4 is 14.8 Å². The highest BCUT2D eigenvalue weighted by atomic mass is 79.9. The first-order chi connectivity index (χ1) is 12.7. The van der Waals surface area contributed by atoms with Gasteiger partial charge in [0.15, 0.2) is 11.5 Å². The van der Waals surface area contributed by atoms with Crippen LogP contribution in [0.3, 0.4) is 0 Å². The summed E-state index contributed by atoms with van der Waals surface area (Å²) in [6.45, 7) is 1.04. The van der Waals surface area contributed by atoms with Crippen LogP contribution in [-0.2, 0) is 12.8 Å². The average molecular weight is 410 g/mol. The Hall–Kier alpha value is -2.53. The molecule has 0 saturated carbocycles. The number of carbonyl (C=O) groups is 1. The van der Waals surface area contributed by atoms with Gasteiger partial charge in [0.05, 0.1) is 5.69 Å². The van der Waals surface area contributed by atoms with Gasteiger partial charge in [-0.1, -0.05) is 24.3 Å². The molecule has 0 fully saturated rings. The van der Waals surface area contributed by atoms with Crippen molar-refractivity contribution in [2.75, 3.05) is 18.5 Å². The molecule has 1 heterocycles. The molecule has 0 atom stereocenters. The highest BCUT2D eigenvalue weighted by molar-refractivity contribution is 9.10. The Kier molecular flexibility index (Phi) is 3.64. The first-order valence-corrected chi connectivity index (χ1v) is 9.44. The molecular formula is C21H16BrNO3. The number of nitrogens with one attached hydrogen (secondary N) is 1. The predicted molar refractivity (Wildman–Crippen MR) is 104 cm³/mol. The van der Waals surface area contributed by atoms with E-state index in [4.69, 9.17) is 9.47 Å². The molecular weight excluding hydrogens is 394 g/mol. The van der Waals surface area contributed by atoms with Crippen LogP contribution in [0.25, 0.3) is 10.8 Å². The van der Waals surface area contributed by atoms with E-state index >= 15 is 0 Å². The number of fused-ring (bicyclic) bond motifs is 1. The van der Waals surface area contributed by atoms with E-state index in [0.29, 0.717) is 36.0 Å². The molecule has 5 rings (SSSR count). The van der Waals surface area contributed by atoms with Crippen LogP contribution in [0, 0.1) is 0 Å². The van der Waals surface area contributed by atoms with Gasteiger partial charge in [-0.3, -0.25) is 4.79 Å². The lowest BCUT2D eigenvalue weighted by atomic mass is 9.99. The lowest BCUT2D eigenvalue weighted by Crippen LogP contribution is -2.17. The number of anilines is 1. The molecule has 5 heteroatoms. The summed E-state index contributed by atoms with van der Waals surface area (Å²) in [6.07, 6.45) is 2.09. The Balaban J connectivity index is 1.53. The number of hydrogen-bond donors (Lipinski definition) is 1. The molecule has 3 aromatic carbocycles. The van der Waals surface area contributed by atoms with Crippen LogP contribution in [0.2, 0.25) is 0 Å². The van der Waals surface area contributed by atoms with Crippen molar-refractivity contribution in [1.29, 1.82) is 0 Å². The fraction of sp³-hybridized carbons (Fsp3) is 0.190. The van der Waals surface area contributed by atoms with Gasteiger partial charge in [-0.25, -0.2) is 0 Å². The van der Waals surface area contributed by atoms with Crippen molar-refractivity contribution in [3.05, 3.63) is 63.6 Å². The van der Waals surface area contributed by atoms with Crippen LogP contribution in [0.4, 0.5) is 5.69 Å². The van der Waals surface area contributed by atoms with Gasteiger partial charge in [-0.05, 0) is 56.7 Å². The maximum Gasteiger partial charge on any atom is 0.256 e. The van der Waals surface area contributed by atoms with E-state index in [9.17, 15) is 4.79 Å². The molecule has 1 amide bonds. The van der Waals surface area contributed by atoms with E-state index in [0.717, 1.165) is 22.7 Å². The number of benzene rings is 3. The van der Waals surface area contributed by atoms with E-state index in [1.54, 1.807) is 6.07 Å². The molecule has 1 aliphatic heterocycles. The van der Waals surface area contributed by atoms with Gasteiger partial charge in [0.1, 0.15) is 13.2 Å². The van der Waals surface area contributed by atoms with Gasteiger partial charge in [0.25, 0.3) is 5.91 Å². The molecule has 0 unspecified atom stereocenters. The molecule has 1 aliphatic carbocycles. The fourth-order valence-electron chi connectivity index (χ4n) is 3.79. The van der Waals surface area contributed by atoms with Crippen LogP contribution in [0.15, 0.2) is 46.9 Å². The van der Waals surface area contributed by atoms with Crippen molar-refractivity contribution < 1.29 is 14.3 Å². The van der Waals surface area contributed by atoms with Crippen LogP contribution in [0.1, 0.15) is 21.5 Å². The van der Waals surface area contributed by atoms with Gasteiger partial charge >= 0.3 is 0 Å². The number of rotatable bonds is 2. The Morgan fingerprint density at radius 1 is 0.962 bits per heavy atom. The molecule has 0 bridgehead atoms. The molecule has 0 spiro atoms. The Morgan fingerprint density at radius 3 is 2.50 bits per heavy atom. The second-order valence-corrected chi connectivity index (χ2v) is 7.40. The Morgan fingerprint density at radius 2 is 1.69 bits per heavy atom. The van der Waals surface area contributed by atoms with Gasteiger partial charge in [-0.2, -0.15) is 0 Å². The molecule has 1 N–H and O–H groups in total. The first-order valence-electron chi connectivity index (χ1n) is 8.65. The SMILES string of the molecule is O=C(Nc1cc2c(cc1Br)OCCO2)c1ccc2c3c(cccc13)CC2. The molecule has 4 nitrogen and oxygen atoms in total. The van der Waals surface area contributed by atoms with E-state index in [2.05, 4.69) is 33.4 Å². The summed E-state index contributed by atoms with van der Waals surface area (Å²) in [5.41, 5.74) is 4.01. The maximum atomic E-state index is 13.0.